The molecule has 0 bridgehead atoms. The summed E-state index contributed by atoms with van der Waals surface area (Å²) >= 11 is 0. The van der Waals surface area contributed by atoms with Crippen LogP contribution in [0.3, 0.4) is 0 Å². The first-order valence-corrected chi connectivity index (χ1v) is 8.10. The molecule has 0 aliphatic rings. The summed E-state index contributed by atoms with van der Waals surface area (Å²) in [5.74, 6) is -0.729. The summed E-state index contributed by atoms with van der Waals surface area (Å²) < 4.78 is 18.6. The second kappa shape index (κ2) is 8.11. The van der Waals surface area contributed by atoms with E-state index in [1.807, 2.05) is 0 Å². The van der Waals surface area contributed by atoms with Crippen LogP contribution in [0, 0.1) is 5.82 Å². The average molecular weight is 352 g/mol. The van der Waals surface area contributed by atoms with Crippen molar-refractivity contribution in [3.05, 3.63) is 84.1 Å². The fraction of sp³-hybridized carbons (Fsp3) is 0.100. The lowest BCUT2D eigenvalue weighted by atomic mass is 10.1. The summed E-state index contributed by atoms with van der Waals surface area (Å²) in [5.41, 5.74) is 1.57. The van der Waals surface area contributed by atoms with Crippen LogP contribution in [0.25, 0.3) is 0 Å². The highest BCUT2D eigenvalue weighted by molar-refractivity contribution is 6.02. The van der Waals surface area contributed by atoms with Crippen LogP contribution in [0.15, 0.2) is 71.3 Å². The average Bonchev–Trinajstić information content (AvgIpc) is 3.16. The molecule has 0 aliphatic carbocycles. The number of furan rings is 1. The topological polar surface area (TPSA) is 71.3 Å². The largest absolute Gasteiger partial charge is 0.459 e. The summed E-state index contributed by atoms with van der Waals surface area (Å²) in [5, 5.41) is 5.43. The molecular formula is C20H17FN2O3. The van der Waals surface area contributed by atoms with Gasteiger partial charge in [0.2, 0.25) is 5.91 Å². The van der Waals surface area contributed by atoms with E-state index in [2.05, 4.69) is 10.6 Å². The van der Waals surface area contributed by atoms with Crippen LogP contribution in [-0.2, 0) is 11.2 Å². The van der Waals surface area contributed by atoms with Gasteiger partial charge in [-0.25, -0.2) is 4.39 Å². The van der Waals surface area contributed by atoms with E-state index in [0.717, 1.165) is 0 Å². The molecule has 6 heteroatoms. The standard InChI is InChI=1S/C20H17FN2O3/c21-17-8-2-1-5-14(17)10-11-19(24)22-15-6-3-7-16(13-15)23-20(25)18-9-4-12-26-18/h1-9,12-13H,10-11H2,(H,22,24)(H,23,25). The summed E-state index contributed by atoms with van der Waals surface area (Å²) in [6, 6.07) is 16.3. The lowest BCUT2D eigenvalue weighted by Crippen LogP contribution is -2.14. The van der Waals surface area contributed by atoms with E-state index in [4.69, 9.17) is 4.42 Å². The molecule has 5 nitrogen and oxygen atoms in total. The minimum absolute atomic E-state index is 0.157. The molecule has 0 unspecified atom stereocenters. The Balaban J connectivity index is 1.57. The Kier molecular flexibility index (Phi) is 5.43. The van der Waals surface area contributed by atoms with E-state index in [1.165, 1.54) is 12.3 Å². The van der Waals surface area contributed by atoms with Crippen molar-refractivity contribution < 1.29 is 18.4 Å². The predicted molar refractivity (Wildman–Crippen MR) is 96.5 cm³/mol. The summed E-state index contributed by atoms with van der Waals surface area (Å²) in [4.78, 5) is 24.1. The van der Waals surface area contributed by atoms with Gasteiger partial charge >= 0.3 is 0 Å². The number of carbonyl (C=O) groups is 2. The van der Waals surface area contributed by atoms with Gasteiger partial charge in [0.15, 0.2) is 5.76 Å². The lowest BCUT2D eigenvalue weighted by molar-refractivity contribution is -0.116. The first-order chi connectivity index (χ1) is 12.6. The highest BCUT2D eigenvalue weighted by Gasteiger charge is 2.10. The van der Waals surface area contributed by atoms with Gasteiger partial charge in [0.25, 0.3) is 5.91 Å². The van der Waals surface area contributed by atoms with Crippen LogP contribution >= 0.6 is 0 Å². The van der Waals surface area contributed by atoms with Crippen molar-refractivity contribution in [2.24, 2.45) is 0 Å². The molecular weight excluding hydrogens is 335 g/mol. The summed E-state index contributed by atoms with van der Waals surface area (Å²) in [6.07, 6.45) is 1.89. The van der Waals surface area contributed by atoms with Gasteiger partial charge in [0.1, 0.15) is 5.82 Å². The molecule has 3 rings (SSSR count). The van der Waals surface area contributed by atoms with Crippen LogP contribution < -0.4 is 10.6 Å². The van der Waals surface area contributed by atoms with Crippen LogP contribution in [0.2, 0.25) is 0 Å². The normalized spacial score (nSPS) is 10.3. The van der Waals surface area contributed by atoms with Crippen LogP contribution in [0.1, 0.15) is 22.5 Å². The quantitative estimate of drug-likeness (QED) is 0.697. The zero-order chi connectivity index (χ0) is 18.4. The molecule has 1 heterocycles. The molecule has 1 aromatic heterocycles. The molecule has 2 amide bonds. The fourth-order valence-corrected chi connectivity index (χ4v) is 2.45. The summed E-state index contributed by atoms with van der Waals surface area (Å²) in [6.45, 7) is 0. The molecule has 0 atom stereocenters. The van der Waals surface area contributed by atoms with Crippen molar-refractivity contribution in [3.63, 3.8) is 0 Å². The van der Waals surface area contributed by atoms with Crippen LogP contribution in [0.4, 0.5) is 15.8 Å². The number of rotatable bonds is 6. The molecule has 0 saturated carbocycles. The van der Waals surface area contributed by atoms with Crippen molar-refractivity contribution >= 4 is 23.2 Å². The van der Waals surface area contributed by atoms with Crippen molar-refractivity contribution in [3.8, 4) is 0 Å². The number of amides is 2. The Morgan fingerprint density at radius 3 is 2.42 bits per heavy atom. The van der Waals surface area contributed by atoms with Gasteiger partial charge < -0.3 is 15.1 Å². The molecule has 2 aromatic carbocycles. The van der Waals surface area contributed by atoms with Crippen molar-refractivity contribution in [2.45, 2.75) is 12.8 Å². The van der Waals surface area contributed by atoms with Gasteiger partial charge in [-0.3, -0.25) is 9.59 Å². The molecule has 132 valence electrons. The number of nitrogens with one attached hydrogen (secondary N) is 2. The number of carbonyl (C=O) groups excluding carboxylic acids is 2. The highest BCUT2D eigenvalue weighted by Crippen LogP contribution is 2.17. The van der Waals surface area contributed by atoms with Gasteiger partial charge in [-0.1, -0.05) is 24.3 Å². The molecule has 0 aliphatic heterocycles. The monoisotopic (exact) mass is 352 g/mol. The predicted octanol–water partition coefficient (Wildman–Crippen LogP) is 4.24. The van der Waals surface area contributed by atoms with E-state index in [1.54, 1.807) is 54.6 Å². The van der Waals surface area contributed by atoms with E-state index < -0.39 is 0 Å². The lowest BCUT2D eigenvalue weighted by Gasteiger charge is -2.08. The van der Waals surface area contributed by atoms with E-state index in [9.17, 15) is 14.0 Å². The SMILES string of the molecule is O=C(CCc1ccccc1F)Nc1cccc(NC(=O)c2ccco2)c1. The second-order valence-corrected chi connectivity index (χ2v) is 5.65. The molecule has 3 aromatic rings. The maximum atomic E-state index is 13.6. The van der Waals surface area contributed by atoms with E-state index >= 15 is 0 Å². The van der Waals surface area contributed by atoms with Gasteiger partial charge in [-0.2, -0.15) is 0 Å². The third kappa shape index (κ3) is 4.57. The number of hydrogen-bond acceptors (Lipinski definition) is 3. The smallest absolute Gasteiger partial charge is 0.291 e. The number of benzene rings is 2. The Labute approximate surface area is 149 Å². The number of halogens is 1. The minimum atomic E-state index is -0.377. The number of hydrogen-bond donors (Lipinski definition) is 2. The number of aryl methyl sites for hydroxylation is 1. The van der Waals surface area contributed by atoms with Crippen molar-refractivity contribution in [1.29, 1.82) is 0 Å². The maximum Gasteiger partial charge on any atom is 0.291 e. The third-order valence-electron chi connectivity index (χ3n) is 3.73. The summed E-state index contributed by atoms with van der Waals surface area (Å²) in [7, 11) is 0. The van der Waals surface area contributed by atoms with Crippen LogP contribution in [0.5, 0.6) is 0 Å². The van der Waals surface area contributed by atoms with Gasteiger partial charge in [-0.05, 0) is 48.4 Å². The molecule has 0 radical (unpaired) electrons. The Morgan fingerprint density at radius 2 is 1.69 bits per heavy atom. The first kappa shape index (κ1) is 17.4. The Morgan fingerprint density at radius 1 is 0.923 bits per heavy atom. The molecule has 26 heavy (non-hydrogen) atoms. The molecule has 2 N–H and O–H groups in total. The zero-order valence-electron chi connectivity index (χ0n) is 13.9. The van der Waals surface area contributed by atoms with Gasteiger partial charge in [0, 0.05) is 17.8 Å². The Bertz CT molecular complexity index is 907. The van der Waals surface area contributed by atoms with Crippen LogP contribution in [-0.4, -0.2) is 11.8 Å². The van der Waals surface area contributed by atoms with Gasteiger partial charge in [-0.15, -0.1) is 0 Å². The number of anilines is 2. The second-order valence-electron chi connectivity index (χ2n) is 5.65. The highest BCUT2D eigenvalue weighted by atomic mass is 19.1. The van der Waals surface area contributed by atoms with E-state index in [0.29, 0.717) is 23.4 Å². The van der Waals surface area contributed by atoms with E-state index in [-0.39, 0.29) is 29.8 Å². The zero-order valence-corrected chi connectivity index (χ0v) is 13.9. The minimum Gasteiger partial charge on any atom is -0.459 e. The van der Waals surface area contributed by atoms with Crippen molar-refractivity contribution in [2.75, 3.05) is 10.6 Å². The van der Waals surface area contributed by atoms with Crippen molar-refractivity contribution in [1.82, 2.24) is 0 Å². The Hall–Kier alpha value is -3.41. The first-order valence-electron chi connectivity index (χ1n) is 8.10. The molecule has 0 spiro atoms. The fourth-order valence-electron chi connectivity index (χ4n) is 2.45. The maximum absolute atomic E-state index is 13.6. The third-order valence-corrected chi connectivity index (χ3v) is 3.73. The van der Waals surface area contributed by atoms with Gasteiger partial charge in [0.05, 0.1) is 6.26 Å². The molecule has 0 fully saturated rings. The molecule has 0 saturated heterocycles.